The summed E-state index contributed by atoms with van der Waals surface area (Å²) in [4.78, 5) is 0. The normalized spacial score (nSPS) is 13.2. The molecule has 0 amide bonds. The van der Waals surface area contributed by atoms with Crippen molar-refractivity contribution in [2.75, 3.05) is 20.3 Å². The van der Waals surface area contributed by atoms with Crippen molar-refractivity contribution in [2.24, 2.45) is 0 Å². The number of hydrogen-bond donors (Lipinski definition) is 1. The van der Waals surface area contributed by atoms with Crippen LogP contribution in [-0.2, 0) is 4.74 Å². The fourth-order valence-corrected chi connectivity index (χ4v) is 1.74. The Balaban J connectivity index is 2.69. The summed E-state index contributed by atoms with van der Waals surface area (Å²) in [5, 5.41) is 3.31. The van der Waals surface area contributed by atoms with E-state index >= 15 is 0 Å². The molecule has 1 rings (SSSR count). The van der Waals surface area contributed by atoms with Gasteiger partial charge in [0.2, 0.25) is 0 Å². The number of methoxy groups -OCH3 is 1. The highest BCUT2D eigenvalue weighted by atomic mass is 79.9. The van der Waals surface area contributed by atoms with E-state index in [2.05, 4.69) is 28.2 Å². The van der Waals surface area contributed by atoms with Crippen molar-refractivity contribution >= 4 is 15.9 Å². The summed E-state index contributed by atoms with van der Waals surface area (Å²) in [6, 6.07) is 2.14. The fourth-order valence-electron chi connectivity index (χ4n) is 1.23. The molecule has 1 atom stereocenters. The Morgan fingerprint density at radius 2 is 2.46 bits per heavy atom. The van der Waals surface area contributed by atoms with Gasteiger partial charge in [-0.25, -0.2) is 0 Å². The molecule has 0 aliphatic rings. The Labute approximate surface area is 86.6 Å². The van der Waals surface area contributed by atoms with Gasteiger partial charge < -0.3 is 14.5 Å². The molecule has 0 aromatic carbocycles. The first-order chi connectivity index (χ1) is 6.29. The minimum Gasteiger partial charge on any atom is -0.457 e. The maximum atomic E-state index is 5.16. The van der Waals surface area contributed by atoms with Gasteiger partial charge in [0.15, 0.2) is 4.67 Å². The Hall–Kier alpha value is -0.320. The first-order valence-corrected chi connectivity index (χ1v) is 5.04. The lowest BCUT2D eigenvalue weighted by Crippen LogP contribution is -2.24. The number of halogens is 1. The molecule has 0 spiro atoms. The van der Waals surface area contributed by atoms with E-state index in [1.807, 2.05) is 6.07 Å². The van der Waals surface area contributed by atoms with Gasteiger partial charge in [0.1, 0.15) is 0 Å². The first kappa shape index (κ1) is 10.8. The molecule has 0 fully saturated rings. The van der Waals surface area contributed by atoms with Crippen molar-refractivity contribution in [2.45, 2.75) is 13.0 Å². The minimum atomic E-state index is 0.197. The van der Waals surface area contributed by atoms with Crippen LogP contribution in [0.15, 0.2) is 21.4 Å². The lowest BCUT2D eigenvalue weighted by atomic mass is 10.1. The van der Waals surface area contributed by atoms with E-state index < -0.39 is 0 Å². The molecule has 1 unspecified atom stereocenters. The van der Waals surface area contributed by atoms with Crippen LogP contribution in [0.2, 0.25) is 0 Å². The number of hydrogen-bond acceptors (Lipinski definition) is 3. The van der Waals surface area contributed by atoms with Crippen LogP contribution in [0.1, 0.15) is 18.5 Å². The molecule has 0 saturated heterocycles. The topological polar surface area (TPSA) is 34.4 Å². The van der Waals surface area contributed by atoms with E-state index in [9.17, 15) is 0 Å². The van der Waals surface area contributed by atoms with Gasteiger partial charge in [-0.2, -0.15) is 0 Å². The predicted molar refractivity (Wildman–Crippen MR) is 54.7 cm³/mol. The quantitative estimate of drug-likeness (QED) is 0.868. The molecular formula is C9H14BrNO2. The average Bonchev–Trinajstić information content (AvgIpc) is 2.51. The van der Waals surface area contributed by atoms with Crippen LogP contribution in [0.4, 0.5) is 0 Å². The van der Waals surface area contributed by atoms with Crippen molar-refractivity contribution in [3.05, 3.63) is 22.6 Å². The van der Waals surface area contributed by atoms with Crippen LogP contribution in [0, 0.1) is 0 Å². The number of nitrogens with one attached hydrogen (secondary N) is 1. The third-order valence-electron chi connectivity index (χ3n) is 1.81. The third-order valence-corrected chi connectivity index (χ3v) is 2.45. The fraction of sp³-hybridized carbons (Fsp3) is 0.556. The van der Waals surface area contributed by atoms with E-state index in [4.69, 9.17) is 9.15 Å². The summed E-state index contributed by atoms with van der Waals surface area (Å²) < 4.78 is 11.0. The van der Waals surface area contributed by atoms with Crippen LogP contribution in [-0.4, -0.2) is 20.3 Å². The standard InChI is InChI=1S/C9H14BrNO2/c1-3-11-8(6-12-2)7-4-5-13-9(7)10/h4-5,8,11H,3,6H2,1-2H3. The molecule has 1 heterocycles. The monoisotopic (exact) mass is 247 g/mol. The second kappa shape index (κ2) is 5.42. The number of furan rings is 1. The van der Waals surface area contributed by atoms with Crippen molar-refractivity contribution in [3.8, 4) is 0 Å². The smallest absolute Gasteiger partial charge is 0.173 e. The lowest BCUT2D eigenvalue weighted by Gasteiger charge is -2.15. The molecule has 0 aliphatic heterocycles. The number of rotatable bonds is 5. The summed E-state index contributed by atoms with van der Waals surface area (Å²) in [6.45, 7) is 3.62. The van der Waals surface area contributed by atoms with Crippen LogP contribution in [0.25, 0.3) is 0 Å². The minimum absolute atomic E-state index is 0.197. The Bertz CT molecular complexity index is 244. The molecule has 1 N–H and O–H groups in total. The molecule has 0 saturated carbocycles. The predicted octanol–water partition coefficient (Wildman–Crippen LogP) is 2.34. The molecule has 74 valence electrons. The second-order valence-corrected chi connectivity index (χ2v) is 3.44. The molecule has 0 radical (unpaired) electrons. The van der Waals surface area contributed by atoms with Crippen LogP contribution < -0.4 is 5.32 Å². The summed E-state index contributed by atoms with van der Waals surface area (Å²) in [5.74, 6) is 0. The molecule has 13 heavy (non-hydrogen) atoms. The first-order valence-electron chi connectivity index (χ1n) is 4.24. The van der Waals surface area contributed by atoms with E-state index in [-0.39, 0.29) is 6.04 Å². The number of ether oxygens (including phenoxy) is 1. The van der Waals surface area contributed by atoms with Crippen LogP contribution >= 0.6 is 15.9 Å². The summed E-state index contributed by atoms with van der Waals surface area (Å²) in [7, 11) is 1.69. The lowest BCUT2D eigenvalue weighted by molar-refractivity contribution is 0.167. The zero-order valence-electron chi connectivity index (χ0n) is 7.84. The van der Waals surface area contributed by atoms with Gasteiger partial charge in [0, 0.05) is 12.7 Å². The van der Waals surface area contributed by atoms with Gasteiger partial charge in [0.05, 0.1) is 18.9 Å². The average molecular weight is 248 g/mol. The Morgan fingerprint density at radius 3 is 2.92 bits per heavy atom. The molecule has 0 bridgehead atoms. The van der Waals surface area contributed by atoms with Crippen LogP contribution in [0.3, 0.4) is 0 Å². The number of likely N-dealkylation sites (N-methyl/N-ethyl adjacent to an activating group) is 1. The third kappa shape index (κ3) is 2.83. The zero-order valence-corrected chi connectivity index (χ0v) is 9.43. The Kier molecular flexibility index (Phi) is 4.48. The van der Waals surface area contributed by atoms with E-state index in [1.165, 1.54) is 0 Å². The van der Waals surface area contributed by atoms with Gasteiger partial charge in [-0.1, -0.05) is 6.92 Å². The van der Waals surface area contributed by atoms with E-state index in [0.29, 0.717) is 6.61 Å². The van der Waals surface area contributed by atoms with E-state index in [1.54, 1.807) is 13.4 Å². The largest absolute Gasteiger partial charge is 0.457 e. The SMILES string of the molecule is CCNC(COC)c1ccoc1Br. The van der Waals surface area contributed by atoms with Crippen molar-refractivity contribution in [3.63, 3.8) is 0 Å². The van der Waals surface area contributed by atoms with Crippen molar-refractivity contribution in [1.82, 2.24) is 5.32 Å². The molecule has 0 aliphatic carbocycles. The summed E-state index contributed by atoms with van der Waals surface area (Å²) in [5.41, 5.74) is 1.10. The highest BCUT2D eigenvalue weighted by Gasteiger charge is 2.14. The summed E-state index contributed by atoms with van der Waals surface area (Å²) >= 11 is 3.34. The molecule has 1 aromatic rings. The van der Waals surface area contributed by atoms with Crippen LogP contribution in [0.5, 0.6) is 0 Å². The van der Waals surface area contributed by atoms with Gasteiger partial charge in [0.25, 0.3) is 0 Å². The van der Waals surface area contributed by atoms with Gasteiger partial charge in [-0.15, -0.1) is 0 Å². The highest BCUT2D eigenvalue weighted by Crippen LogP contribution is 2.24. The molecule has 3 nitrogen and oxygen atoms in total. The van der Waals surface area contributed by atoms with Gasteiger partial charge in [-0.3, -0.25) is 0 Å². The highest BCUT2D eigenvalue weighted by molar-refractivity contribution is 9.10. The molecular weight excluding hydrogens is 234 g/mol. The van der Waals surface area contributed by atoms with E-state index in [0.717, 1.165) is 16.8 Å². The maximum absolute atomic E-state index is 5.16. The van der Waals surface area contributed by atoms with Gasteiger partial charge >= 0.3 is 0 Å². The summed E-state index contributed by atoms with van der Waals surface area (Å²) in [6.07, 6.45) is 1.67. The van der Waals surface area contributed by atoms with Crippen molar-refractivity contribution in [1.29, 1.82) is 0 Å². The zero-order chi connectivity index (χ0) is 9.68. The molecule has 4 heteroatoms. The van der Waals surface area contributed by atoms with Crippen molar-refractivity contribution < 1.29 is 9.15 Å². The Morgan fingerprint density at radius 1 is 1.69 bits per heavy atom. The second-order valence-electron chi connectivity index (χ2n) is 2.72. The molecule has 1 aromatic heterocycles. The maximum Gasteiger partial charge on any atom is 0.173 e. The van der Waals surface area contributed by atoms with Gasteiger partial charge in [-0.05, 0) is 28.5 Å².